The van der Waals surface area contributed by atoms with Crippen molar-refractivity contribution in [2.75, 3.05) is 5.32 Å². The molecule has 0 radical (unpaired) electrons. The van der Waals surface area contributed by atoms with Gasteiger partial charge in [0.25, 0.3) is 5.69 Å². The van der Waals surface area contributed by atoms with Crippen LogP contribution in [0.3, 0.4) is 0 Å². The Bertz CT molecular complexity index is 1420. The van der Waals surface area contributed by atoms with Crippen molar-refractivity contribution < 1.29 is 33.6 Å². The Morgan fingerprint density at radius 1 is 1.23 bits per heavy atom. The first-order valence-corrected chi connectivity index (χ1v) is 12.3. The van der Waals surface area contributed by atoms with Gasteiger partial charge < -0.3 is 24.9 Å². The smallest absolute Gasteiger partial charge is 0.347 e. The molecule has 1 saturated carbocycles. The molecule has 0 spiro atoms. The summed E-state index contributed by atoms with van der Waals surface area (Å²) >= 11 is 0. The number of carbonyl (C=O) groups is 3. The Morgan fingerprint density at radius 3 is 2.59 bits per heavy atom. The summed E-state index contributed by atoms with van der Waals surface area (Å²) in [5, 5.41) is 24.9. The number of fused-ring (bicyclic) bond motifs is 2. The number of nitro groups is 1. The lowest BCUT2D eigenvalue weighted by molar-refractivity contribution is -0.384. The van der Waals surface area contributed by atoms with Crippen molar-refractivity contribution in [3.8, 4) is 5.75 Å². The summed E-state index contributed by atoms with van der Waals surface area (Å²) in [5.41, 5.74) is 1.73. The fourth-order valence-corrected chi connectivity index (χ4v) is 4.62. The summed E-state index contributed by atoms with van der Waals surface area (Å²) in [6.07, 6.45) is 2.96. The number of nitro benzene ring substituents is 1. The van der Waals surface area contributed by atoms with Crippen LogP contribution in [0.4, 0.5) is 11.4 Å². The number of hydrogen-bond donors (Lipinski definition) is 3. The molecule has 204 valence electrons. The zero-order valence-corrected chi connectivity index (χ0v) is 21.1. The molecule has 12 heteroatoms. The van der Waals surface area contributed by atoms with E-state index in [-0.39, 0.29) is 28.8 Å². The highest BCUT2D eigenvalue weighted by molar-refractivity contribution is 5.95. The zero-order valence-electron chi connectivity index (χ0n) is 21.1. The van der Waals surface area contributed by atoms with E-state index in [1.807, 2.05) is 6.92 Å². The average molecular weight is 538 g/mol. The first-order valence-electron chi connectivity index (χ1n) is 12.3. The Morgan fingerprint density at radius 2 is 1.95 bits per heavy atom. The van der Waals surface area contributed by atoms with Crippen molar-refractivity contribution in [1.29, 1.82) is 0 Å². The fraction of sp³-hybridized carbons (Fsp3) is 0.333. The number of carboxylic acid groups (broad SMARTS) is 1. The SMILES string of the molecule is C=C(C)[C@H]1CCC2=Cc3c(cc(CC(=O)N[C@@H](CC(=O)Nc4ccc([N+](=O)[O-])cc4)C(=O)O)oc3=O)O[C@H]2C1. The Hall–Kier alpha value is -4.74. The molecule has 0 bridgehead atoms. The van der Waals surface area contributed by atoms with Crippen molar-refractivity contribution in [2.45, 2.75) is 51.2 Å². The number of aliphatic carboxylic acids is 1. The van der Waals surface area contributed by atoms with Gasteiger partial charge in [0.15, 0.2) is 0 Å². The van der Waals surface area contributed by atoms with E-state index in [1.165, 1.54) is 30.3 Å². The van der Waals surface area contributed by atoms with Crippen LogP contribution in [0.1, 0.15) is 43.9 Å². The first kappa shape index (κ1) is 27.3. The van der Waals surface area contributed by atoms with E-state index in [9.17, 15) is 34.4 Å². The number of anilines is 1. The predicted octanol–water partition coefficient (Wildman–Crippen LogP) is 3.21. The molecule has 4 rings (SSSR count). The van der Waals surface area contributed by atoms with E-state index in [2.05, 4.69) is 17.2 Å². The number of benzene rings is 1. The van der Waals surface area contributed by atoms with Gasteiger partial charge in [-0.3, -0.25) is 19.7 Å². The lowest BCUT2D eigenvalue weighted by Gasteiger charge is -2.35. The monoisotopic (exact) mass is 537 g/mol. The summed E-state index contributed by atoms with van der Waals surface area (Å²) in [5.74, 6) is -2.36. The molecular formula is C27H27N3O9. The van der Waals surface area contributed by atoms with E-state index in [4.69, 9.17) is 9.15 Å². The van der Waals surface area contributed by atoms with E-state index in [0.717, 1.165) is 30.4 Å². The first-order chi connectivity index (χ1) is 18.5. The molecule has 2 aliphatic rings. The van der Waals surface area contributed by atoms with E-state index in [1.54, 1.807) is 6.08 Å². The normalized spacial score (nSPS) is 18.3. The lowest BCUT2D eigenvalue weighted by atomic mass is 9.79. The summed E-state index contributed by atoms with van der Waals surface area (Å²) in [6, 6.07) is 4.86. The second-order valence-electron chi connectivity index (χ2n) is 9.61. The molecule has 2 heterocycles. The number of carbonyl (C=O) groups excluding carboxylic acids is 2. The van der Waals surface area contributed by atoms with Crippen LogP contribution in [-0.2, 0) is 20.8 Å². The average Bonchev–Trinajstić information content (AvgIpc) is 2.87. The molecule has 12 nitrogen and oxygen atoms in total. The molecular weight excluding hydrogens is 510 g/mol. The highest BCUT2D eigenvalue weighted by atomic mass is 16.6. The van der Waals surface area contributed by atoms with Crippen LogP contribution in [0.25, 0.3) is 6.08 Å². The van der Waals surface area contributed by atoms with Crippen LogP contribution < -0.4 is 21.0 Å². The molecule has 39 heavy (non-hydrogen) atoms. The number of rotatable bonds is 9. The third-order valence-electron chi connectivity index (χ3n) is 6.71. The number of allylic oxidation sites excluding steroid dienone is 1. The van der Waals surface area contributed by atoms with E-state index >= 15 is 0 Å². The van der Waals surface area contributed by atoms with Crippen LogP contribution in [-0.4, -0.2) is 40.0 Å². The summed E-state index contributed by atoms with van der Waals surface area (Å²) in [7, 11) is 0. The van der Waals surface area contributed by atoms with Gasteiger partial charge in [-0.25, -0.2) is 9.59 Å². The number of hydrogen-bond acceptors (Lipinski definition) is 8. The zero-order chi connectivity index (χ0) is 28.3. The van der Waals surface area contributed by atoms with Crippen LogP contribution in [0, 0.1) is 16.0 Å². The quantitative estimate of drug-likeness (QED) is 0.246. The van der Waals surface area contributed by atoms with Crippen molar-refractivity contribution >= 4 is 35.2 Å². The van der Waals surface area contributed by atoms with Crippen molar-refractivity contribution in [1.82, 2.24) is 5.32 Å². The van der Waals surface area contributed by atoms with Crippen molar-refractivity contribution in [2.24, 2.45) is 5.92 Å². The highest BCUT2D eigenvalue weighted by Gasteiger charge is 2.32. The standard InChI is InChI=1S/C27H27N3O9/c1-14(2)15-3-4-16-9-20-23(39-22(16)10-15)11-19(38-27(20)35)12-24(31)29-21(26(33)34)13-25(32)28-17-5-7-18(8-6-17)30(36)37/h5-9,11,15,21-22H,1,3-4,10,12-13H2,2H3,(H,28,32)(H,29,31)(H,33,34)/t15-,21-,22-/m0/s1. The molecule has 3 N–H and O–H groups in total. The Balaban J connectivity index is 1.39. The van der Waals surface area contributed by atoms with Gasteiger partial charge in [0.1, 0.15) is 29.2 Å². The van der Waals surface area contributed by atoms with E-state index in [0.29, 0.717) is 11.7 Å². The van der Waals surface area contributed by atoms with Crippen LogP contribution in [0.2, 0.25) is 0 Å². The maximum Gasteiger partial charge on any atom is 0.347 e. The van der Waals surface area contributed by atoms with Gasteiger partial charge in [0, 0.05) is 23.9 Å². The minimum Gasteiger partial charge on any atom is -0.485 e. The molecule has 3 atom stereocenters. The van der Waals surface area contributed by atoms with Crippen LogP contribution >= 0.6 is 0 Å². The van der Waals surface area contributed by atoms with Gasteiger partial charge >= 0.3 is 11.6 Å². The maximum absolute atomic E-state index is 12.6. The molecule has 1 aromatic heterocycles. The van der Waals surface area contributed by atoms with Gasteiger partial charge in [-0.1, -0.05) is 12.2 Å². The minimum atomic E-state index is -1.57. The highest BCUT2D eigenvalue weighted by Crippen LogP contribution is 2.39. The predicted molar refractivity (Wildman–Crippen MR) is 139 cm³/mol. The number of carboxylic acids is 1. The van der Waals surface area contributed by atoms with Gasteiger partial charge in [-0.15, -0.1) is 0 Å². The van der Waals surface area contributed by atoms with Gasteiger partial charge in [0.05, 0.1) is 17.8 Å². The number of nitrogens with one attached hydrogen (secondary N) is 2. The fourth-order valence-electron chi connectivity index (χ4n) is 4.62. The second-order valence-corrected chi connectivity index (χ2v) is 9.61. The summed E-state index contributed by atoms with van der Waals surface area (Å²) < 4.78 is 11.4. The van der Waals surface area contributed by atoms with Crippen molar-refractivity contribution in [3.63, 3.8) is 0 Å². The molecule has 2 amide bonds. The van der Waals surface area contributed by atoms with Crippen LogP contribution in [0.15, 0.2) is 57.3 Å². The van der Waals surface area contributed by atoms with Crippen molar-refractivity contribution in [3.05, 3.63) is 79.9 Å². The number of ether oxygens (including phenoxy) is 1. The molecule has 1 aliphatic heterocycles. The Labute approximate surface area is 222 Å². The van der Waals surface area contributed by atoms with Gasteiger partial charge in [-0.2, -0.15) is 0 Å². The van der Waals surface area contributed by atoms with E-state index < -0.39 is 47.2 Å². The lowest BCUT2D eigenvalue weighted by Crippen LogP contribution is -2.43. The molecule has 0 saturated heterocycles. The van der Waals surface area contributed by atoms with Crippen LogP contribution in [0.5, 0.6) is 5.75 Å². The summed E-state index contributed by atoms with van der Waals surface area (Å²) in [6.45, 7) is 6.01. The largest absolute Gasteiger partial charge is 0.485 e. The minimum absolute atomic E-state index is 0.0140. The van der Waals surface area contributed by atoms with Gasteiger partial charge in [-0.05, 0) is 55.9 Å². The molecule has 1 fully saturated rings. The van der Waals surface area contributed by atoms with Gasteiger partial charge in [0.2, 0.25) is 11.8 Å². The summed E-state index contributed by atoms with van der Waals surface area (Å²) in [4.78, 5) is 59.3. The number of non-ortho nitro benzene ring substituents is 1. The topological polar surface area (TPSA) is 178 Å². The number of amides is 2. The second kappa shape index (κ2) is 11.3. The third kappa shape index (κ3) is 6.58. The maximum atomic E-state index is 12.6. The molecule has 0 unspecified atom stereocenters. The number of nitrogens with zero attached hydrogens (tertiary/aromatic N) is 1. The molecule has 1 aliphatic carbocycles. The molecule has 2 aromatic rings. The third-order valence-corrected chi connectivity index (χ3v) is 6.71. The Kier molecular flexibility index (Phi) is 7.93. The molecule has 1 aromatic carbocycles.